The summed E-state index contributed by atoms with van der Waals surface area (Å²) in [7, 11) is 0. The highest BCUT2D eigenvalue weighted by atomic mass is 127. The quantitative estimate of drug-likeness (QED) is 0.208. The van der Waals surface area contributed by atoms with Crippen LogP contribution in [0.3, 0.4) is 0 Å². The summed E-state index contributed by atoms with van der Waals surface area (Å²) < 4.78 is 54.3. The summed E-state index contributed by atoms with van der Waals surface area (Å²) in [5.74, 6) is -1.54. The zero-order chi connectivity index (χ0) is 26.0. The molecule has 1 heterocycles. The molecule has 1 unspecified atom stereocenters. The van der Waals surface area contributed by atoms with Gasteiger partial charge in [-0.05, 0) is 95.0 Å². The van der Waals surface area contributed by atoms with E-state index in [1.807, 2.05) is 12.1 Å². The minimum absolute atomic E-state index is 0.0456. The van der Waals surface area contributed by atoms with Crippen molar-refractivity contribution in [3.05, 3.63) is 93.3 Å². The second-order valence-electron chi connectivity index (χ2n) is 8.03. The number of nitrogens with one attached hydrogen (secondary N) is 1. The van der Waals surface area contributed by atoms with Crippen LogP contribution in [0.15, 0.2) is 72.8 Å². The number of benzene rings is 3. The summed E-state index contributed by atoms with van der Waals surface area (Å²) in [6.07, 6.45) is -4.90. The number of alkyl halides is 3. The summed E-state index contributed by atoms with van der Waals surface area (Å²) in [4.78, 5) is 28.7. The van der Waals surface area contributed by atoms with Gasteiger partial charge in [0.1, 0.15) is 11.9 Å². The fourth-order valence-electron chi connectivity index (χ4n) is 3.78. The van der Waals surface area contributed by atoms with Crippen molar-refractivity contribution >= 4 is 63.1 Å². The number of carbonyl (C=O) groups excluding carboxylic acids is 2. The van der Waals surface area contributed by atoms with E-state index in [-0.39, 0.29) is 23.8 Å². The topological polar surface area (TPSA) is 52.7 Å². The van der Waals surface area contributed by atoms with E-state index >= 15 is 0 Å². The highest BCUT2D eigenvalue weighted by molar-refractivity contribution is 14.1. The van der Waals surface area contributed by atoms with Gasteiger partial charge in [0.25, 0.3) is 5.91 Å². The second-order valence-corrected chi connectivity index (χ2v) is 9.64. The van der Waals surface area contributed by atoms with Gasteiger partial charge in [0.2, 0.25) is 5.91 Å². The summed E-state index contributed by atoms with van der Waals surface area (Å²) in [5.41, 5.74) is 0.166. The maximum Gasteiger partial charge on any atom is 0.416 e. The number of rotatable bonds is 6. The number of nitrogens with zero attached hydrogens (tertiary/aromatic N) is 2. The fourth-order valence-corrected chi connectivity index (χ4v) is 4.53. The molecule has 5 nitrogen and oxygen atoms in total. The average molecular weight is 627 g/mol. The predicted molar refractivity (Wildman–Crippen MR) is 140 cm³/mol. The van der Waals surface area contributed by atoms with E-state index in [1.165, 1.54) is 41.3 Å². The van der Waals surface area contributed by atoms with Crippen LogP contribution < -0.4 is 10.2 Å². The van der Waals surface area contributed by atoms with Gasteiger partial charge in [-0.15, -0.1) is 0 Å². The van der Waals surface area contributed by atoms with Crippen molar-refractivity contribution in [2.45, 2.75) is 25.2 Å². The van der Waals surface area contributed by atoms with Crippen LogP contribution in [-0.2, 0) is 22.3 Å². The van der Waals surface area contributed by atoms with E-state index < -0.39 is 35.4 Å². The van der Waals surface area contributed by atoms with Crippen LogP contribution in [-0.4, -0.2) is 27.9 Å². The zero-order valence-corrected chi connectivity index (χ0v) is 21.4. The maximum absolute atomic E-state index is 13.4. The van der Waals surface area contributed by atoms with Gasteiger partial charge in [-0.2, -0.15) is 13.2 Å². The van der Waals surface area contributed by atoms with Crippen LogP contribution in [0.2, 0.25) is 0 Å². The number of halogens is 5. The summed E-state index contributed by atoms with van der Waals surface area (Å²) in [5, 5.41) is 2.68. The lowest BCUT2D eigenvalue weighted by atomic mass is 10.1. The van der Waals surface area contributed by atoms with Crippen molar-refractivity contribution in [1.82, 2.24) is 4.90 Å². The third kappa shape index (κ3) is 5.84. The summed E-state index contributed by atoms with van der Waals surface area (Å²) in [6.45, 7) is 0.0573. The molecule has 0 aliphatic carbocycles. The molecule has 0 spiro atoms. The molecule has 0 radical (unpaired) electrons. The molecule has 186 valence electrons. The van der Waals surface area contributed by atoms with Gasteiger partial charge in [-0.25, -0.2) is 4.39 Å². The van der Waals surface area contributed by atoms with Crippen LogP contribution >= 0.6 is 34.8 Å². The predicted octanol–water partition coefficient (Wildman–Crippen LogP) is 5.98. The number of thiocarbonyl (C=S) groups is 1. The van der Waals surface area contributed by atoms with Crippen LogP contribution in [0.25, 0.3) is 0 Å². The molecule has 0 saturated carbocycles. The first kappa shape index (κ1) is 26.0. The minimum Gasteiger partial charge on any atom is -0.332 e. The van der Waals surface area contributed by atoms with Crippen molar-refractivity contribution in [2.75, 3.05) is 10.2 Å². The first-order chi connectivity index (χ1) is 17.0. The number of carbonyl (C=O) groups is 2. The lowest BCUT2D eigenvalue weighted by molar-refractivity contribution is -0.137. The molecule has 1 fully saturated rings. The van der Waals surface area contributed by atoms with Crippen molar-refractivity contribution in [1.29, 1.82) is 0 Å². The van der Waals surface area contributed by atoms with Gasteiger partial charge in [0, 0.05) is 15.8 Å². The van der Waals surface area contributed by atoms with E-state index in [0.717, 1.165) is 20.6 Å². The third-order valence-corrected chi connectivity index (χ3v) is 6.66. The van der Waals surface area contributed by atoms with Gasteiger partial charge in [0.05, 0.1) is 17.7 Å². The third-order valence-electron chi connectivity index (χ3n) is 5.52. The van der Waals surface area contributed by atoms with Crippen molar-refractivity contribution in [3.8, 4) is 0 Å². The molecule has 1 saturated heterocycles. The van der Waals surface area contributed by atoms with Crippen LogP contribution in [0.4, 0.5) is 28.9 Å². The Morgan fingerprint density at radius 3 is 2.33 bits per heavy atom. The Hall–Kier alpha value is -3.06. The number of anilines is 2. The monoisotopic (exact) mass is 627 g/mol. The lowest BCUT2D eigenvalue weighted by Gasteiger charge is -2.24. The molecular weight excluding hydrogens is 609 g/mol. The van der Waals surface area contributed by atoms with E-state index in [1.54, 1.807) is 12.1 Å². The van der Waals surface area contributed by atoms with Crippen molar-refractivity contribution in [3.63, 3.8) is 0 Å². The largest absolute Gasteiger partial charge is 0.416 e. The Bertz CT molecular complexity index is 1300. The average Bonchev–Trinajstić information content (AvgIpc) is 3.05. The Balaban J connectivity index is 1.63. The van der Waals surface area contributed by atoms with E-state index in [9.17, 15) is 27.2 Å². The standard InChI is InChI=1S/C25H18F4IN3O2S/c26-17-6-4-15(5-7-17)14-32-21(13-22(34)31-19-10-8-18(30)9-11-19)23(35)33(24(32)36)20-3-1-2-16(12-20)25(27,28)29/h1-12,21H,13-14H2,(H,31,34). The Kier molecular flexibility index (Phi) is 7.59. The molecule has 1 N–H and O–H groups in total. The normalized spacial score (nSPS) is 16.0. The molecule has 2 amide bonds. The molecule has 1 aliphatic heterocycles. The van der Waals surface area contributed by atoms with Gasteiger partial charge in [-0.1, -0.05) is 18.2 Å². The summed E-state index contributed by atoms with van der Waals surface area (Å²) in [6, 6.07) is 15.8. The SMILES string of the molecule is O=C(CC1C(=O)N(c2cccc(C(F)(F)F)c2)C(=S)N1Cc1ccc(F)cc1)Nc1ccc(I)cc1. The van der Waals surface area contributed by atoms with Gasteiger partial charge in [-0.3, -0.25) is 14.5 Å². The second kappa shape index (κ2) is 10.5. The van der Waals surface area contributed by atoms with E-state index in [2.05, 4.69) is 27.9 Å². The molecule has 3 aromatic carbocycles. The molecule has 11 heteroatoms. The highest BCUT2D eigenvalue weighted by Crippen LogP contribution is 2.34. The Morgan fingerprint density at radius 2 is 1.69 bits per heavy atom. The molecule has 4 rings (SSSR count). The molecule has 1 atom stereocenters. The van der Waals surface area contributed by atoms with Crippen LogP contribution in [0, 0.1) is 9.39 Å². The molecule has 1 aliphatic rings. The first-order valence-corrected chi connectivity index (χ1v) is 12.1. The first-order valence-electron chi connectivity index (χ1n) is 10.6. The molecule has 0 aromatic heterocycles. The van der Waals surface area contributed by atoms with Crippen molar-refractivity contribution < 1.29 is 27.2 Å². The number of hydrogen-bond acceptors (Lipinski definition) is 3. The lowest BCUT2D eigenvalue weighted by Crippen LogP contribution is -2.37. The highest BCUT2D eigenvalue weighted by Gasteiger charge is 2.44. The Labute approximate surface area is 223 Å². The fraction of sp³-hybridized carbons (Fsp3) is 0.160. The van der Waals surface area contributed by atoms with Crippen LogP contribution in [0.1, 0.15) is 17.5 Å². The van der Waals surface area contributed by atoms with E-state index in [0.29, 0.717) is 11.3 Å². The molecule has 36 heavy (non-hydrogen) atoms. The summed E-state index contributed by atoms with van der Waals surface area (Å²) >= 11 is 7.63. The van der Waals surface area contributed by atoms with Gasteiger partial charge in [0.15, 0.2) is 5.11 Å². The molecule has 0 bridgehead atoms. The minimum atomic E-state index is -4.61. The number of hydrogen-bond donors (Lipinski definition) is 1. The van der Waals surface area contributed by atoms with Gasteiger partial charge >= 0.3 is 6.18 Å². The van der Waals surface area contributed by atoms with E-state index in [4.69, 9.17) is 12.2 Å². The van der Waals surface area contributed by atoms with Crippen LogP contribution in [0.5, 0.6) is 0 Å². The van der Waals surface area contributed by atoms with Crippen molar-refractivity contribution in [2.24, 2.45) is 0 Å². The van der Waals surface area contributed by atoms with Gasteiger partial charge < -0.3 is 10.2 Å². The maximum atomic E-state index is 13.4. The zero-order valence-electron chi connectivity index (χ0n) is 18.4. The molecule has 3 aromatic rings. The Morgan fingerprint density at radius 1 is 1.03 bits per heavy atom. The number of amides is 2. The smallest absolute Gasteiger partial charge is 0.332 e. The molecular formula is C25H18F4IN3O2S.